The van der Waals surface area contributed by atoms with Crippen molar-refractivity contribution in [1.82, 2.24) is 20.1 Å². The van der Waals surface area contributed by atoms with Crippen molar-refractivity contribution in [2.75, 3.05) is 56.7 Å². The number of nitrogens with zero attached hydrogens (tertiary/aromatic N) is 6. The normalized spacial score (nSPS) is 16.6. The van der Waals surface area contributed by atoms with Gasteiger partial charge in [0.25, 0.3) is 0 Å². The summed E-state index contributed by atoms with van der Waals surface area (Å²) in [4.78, 5) is 21.7. The standard InChI is InChI=1S/C19H24N6O3/c1-27-16-9-14-3-4-25(12-15(14)10-17(16)28-2)19-21-18(11-20-22-19)24-7-5-23(13-26)6-8-24/h9-11,13H,3-8,12H2,1-2H3. The lowest BCUT2D eigenvalue weighted by atomic mass is 9.99. The Bertz CT molecular complexity index is 854. The molecule has 0 N–H and O–H groups in total. The Labute approximate surface area is 163 Å². The quantitative estimate of drug-likeness (QED) is 0.698. The summed E-state index contributed by atoms with van der Waals surface area (Å²) in [6.07, 6.45) is 3.46. The van der Waals surface area contributed by atoms with E-state index in [9.17, 15) is 4.79 Å². The van der Waals surface area contributed by atoms with Gasteiger partial charge in [-0.2, -0.15) is 10.1 Å². The van der Waals surface area contributed by atoms with Gasteiger partial charge in [0.15, 0.2) is 17.3 Å². The number of fused-ring (bicyclic) bond motifs is 1. The molecule has 0 bridgehead atoms. The van der Waals surface area contributed by atoms with Crippen molar-refractivity contribution < 1.29 is 14.3 Å². The molecule has 1 aromatic heterocycles. The number of methoxy groups -OCH3 is 2. The van der Waals surface area contributed by atoms with E-state index in [2.05, 4.69) is 20.0 Å². The van der Waals surface area contributed by atoms with E-state index in [0.29, 0.717) is 25.6 Å². The maximum atomic E-state index is 10.9. The second-order valence-corrected chi connectivity index (χ2v) is 6.89. The van der Waals surface area contributed by atoms with E-state index in [0.717, 1.165) is 49.8 Å². The predicted molar refractivity (Wildman–Crippen MR) is 104 cm³/mol. The first kappa shape index (κ1) is 18.3. The molecule has 0 radical (unpaired) electrons. The number of hydrogen-bond donors (Lipinski definition) is 0. The Kier molecular flexibility index (Phi) is 5.14. The molecular weight excluding hydrogens is 360 g/mol. The molecule has 0 unspecified atom stereocenters. The van der Waals surface area contributed by atoms with Crippen LogP contribution in [-0.2, 0) is 17.8 Å². The fraction of sp³-hybridized carbons (Fsp3) is 0.474. The molecule has 1 amide bonds. The van der Waals surface area contributed by atoms with Crippen molar-refractivity contribution in [3.05, 3.63) is 29.5 Å². The number of hydrogen-bond acceptors (Lipinski definition) is 8. The van der Waals surface area contributed by atoms with Gasteiger partial charge in [0.05, 0.1) is 20.4 Å². The van der Waals surface area contributed by atoms with Crippen LogP contribution in [0.5, 0.6) is 11.5 Å². The minimum absolute atomic E-state index is 0.621. The SMILES string of the molecule is COc1cc2c(cc1OC)CN(c1nncc(N3CCN(C=O)CC3)n1)CC2. The highest BCUT2D eigenvalue weighted by Gasteiger charge is 2.23. The van der Waals surface area contributed by atoms with Crippen molar-refractivity contribution in [1.29, 1.82) is 0 Å². The van der Waals surface area contributed by atoms with Crippen LogP contribution >= 0.6 is 0 Å². The Morgan fingerprint density at radius 1 is 0.964 bits per heavy atom. The highest BCUT2D eigenvalue weighted by Crippen LogP contribution is 2.34. The van der Waals surface area contributed by atoms with E-state index >= 15 is 0 Å². The summed E-state index contributed by atoms with van der Waals surface area (Å²) in [5.74, 6) is 2.90. The smallest absolute Gasteiger partial charge is 0.247 e. The summed E-state index contributed by atoms with van der Waals surface area (Å²) < 4.78 is 10.8. The van der Waals surface area contributed by atoms with Crippen molar-refractivity contribution in [2.24, 2.45) is 0 Å². The molecule has 1 fully saturated rings. The fourth-order valence-corrected chi connectivity index (χ4v) is 3.68. The van der Waals surface area contributed by atoms with Crippen molar-refractivity contribution in [2.45, 2.75) is 13.0 Å². The van der Waals surface area contributed by atoms with Gasteiger partial charge in [0.1, 0.15) is 0 Å². The summed E-state index contributed by atoms with van der Waals surface area (Å²) in [7, 11) is 3.30. The van der Waals surface area contributed by atoms with Gasteiger partial charge in [-0.15, -0.1) is 5.10 Å². The van der Waals surface area contributed by atoms with Crippen LogP contribution in [0.1, 0.15) is 11.1 Å². The highest BCUT2D eigenvalue weighted by molar-refractivity contribution is 5.52. The Morgan fingerprint density at radius 2 is 1.68 bits per heavy atom. The number of carbonyl (C=O) groups is 1. The molecule has 3 heterocycles. The van der Waals surface area contributed by atoms with Crippen LogP contribution in [0.25, 0.3) is 0 Å². The first-order valence-electron chi connectivity index (χ1n) is 9.34. The van der Waals surface area contributed by atoms with Crippen LogP contribution in [0.15, 0.2) is 18.3 Å². The van der Waals surface area contributed by atoms with E-state index in [4.69, 9.17) is 14.5 Å². The second kappa shape index (κ2) is 7.87. The molecule has 0 aliphatic carbocycles. The lowest BCUT2D eigenvalue weighted by molar-refractivity contribution is -0.118. The van der Waals surface area contributed by atoms with E-state index in [1.54, 1.807) is 25.3 Å². The van der Waals surface area contributed by atoms with Gasteiger partial charge < -0.3 is 24.2 Å². The van der Waals surface area contributed by atoms with Crippen LogP contribution in [0.3, 0.4) is 0 Å². The average Bonchev–Trinajstić information content (AvgIpc) is 2.77. The van der Waals surface area contributed by atoms with Crippen molar-refractivity contribution in [3.8, 4) is 11.5 Å². The van der Waals surface area contributed by atoms with Gasteiger partial charge >= 0.3 is 0 Å². The van der Waals surface area contributed by atoms with E-state index < -0.39 is 0 Å². The number of carbonyl (C=O) groups excluding carboxylic acids is 1. The van der Waals surface area contributed by atoms with E-state index in [1.807, 2.05) is 12.1 Å². The lowest BCUT2D eigenvalue weighted by Crippen LogP contribution is -2.46. The molecule has 9 nitrogen and oxygen atoms in total. The number of amides is 1. The largest absolute Gasteiger partial charge is 0.493 e. The van der Waals surface area contributed by atoms with Gasteiger partial charge in [0, 0.05) is 39.3 Å². The minimum atomic E-state index is 0.621. The van der Waals surface area contributed by atoms with Crippen LogP contribution in [-0.4, -0.2) is 73.4 Å². The molecule has 0 spiro atoms. The highest BCUT2D eigenvalue weighted by atomic mass is 16.5. The average molecular weight is 384 g/mol. The maximum Gasteiger partial charge on any atom is 0.247 e. The van der Waals surface area contributed by atoms with Crippen molar-refractivity contribution >= 4 is 18.2 Å². The summed E-state index contributed by atoms with van der Waals surface area (Å²) in [6.45, 7) is 4.39. The molecule has 28 heavy (non-hydrogen) atoms. The number of piperazine rings is 1. The predicted octanol–water partition coefficient (Wildman–Crippen LogP) is 0.730. The van der Waals surface area contributed by atoms with Gasteiger partial charge in [-0.3, -0.25) is 4.79 Å². The zero-order valence-electron chi connectivity index (χ0n) is 16.2. The third kappa shape index (κ3) is 3.51. The zero-order chi connectivity index (χ0) is 19.5. The molecule has 0 saturated carbocycles. The van der Waals surface area contributed by atoms with Crippen LogP contribution in [0, 0.1) is 0 Å². The number of anilines is 2. The van der Waals surface area contributed by atoms with E-state index in [1.165, 1.54) is 11.1 Å². The van der Waals surface area contributed by atoms with Crippen LogP contribution in [0.4, 0.5) is 11.8 Å². The van der Waals surface area contributed by atoms with E-state index in [-0.39, 0.29) is 0 Å². The molecular formula is C19H24N6O3. The Hall–Kier alpha value is -3.10. The molecule has 9 heteroatoms. The first-order chi connectivity index (χ1) is 13.7. The van der Waals surface area contributed by atoms with Crippen LogP contribution in [0.2, 0.25) is 0 Å². The summed E-state index contributed by atoms with van der Waals surface area (Å²) in [5.41, 5.74) is 2.43. The first-order valence-corrected chi connectivity index (χ1v) is 9.34. The maximum absolute atomic E-state index is 10.9. The minimum Gasteiger partial charge on any atom is -0.493 e. The van der Waals surface area contributed by atoms with Gasteiger partial charge in [0.2, 0.25) is 12.4 Å². The van der Waals surface area contributed by atoms with Gasteiger partial charge in [-0.25, -0.2) is 0 Å². The Balaban J connectivity index is 1.52. The molecule has 4 rings (SSSR count). The number of ether oxygens (including phenoxy) is 2. The molecule has 2 aliphatic rings. The zero-order valence-corrected chi connectivity index (χ0v) is 16.2. The summed E-state index contributed by atoms with van der Waals surface area (Å²) >= 11 is 0. The summed E-state index contributed by atoms with van der Waals surface area (Å²) in [6, 6.07) is 4.07. The molecule has 1 aromatic carbocycles. The Morgan fingerprint density at radius 3 is 2.36 bits per heavy atom. The van der Waals surface area contributed by atoms with Crippen molar-refractivity contribution in [3.63, 3.8) is 0 Å². The lowest BCUT2D eigenvalue weighted by Gasteiger charge is -2.34. The molecule has 0 atom stereocenters. The molecule has 2 aliphatic heterocycles. The second-order valence-electron chi connectivity index (χ2n) is 6.89. The molecule has 2 aromatic rings. The number of benzene rings is 1. The molecule has 148 valence electrons. The monoisotopic (exact) mass is 384 g/mol. The third-order valence-corrected chi connectivity index (χ3v) is 5.32. The number of rotatable bonds is 5. The third-order valence-electron chi connectivity index (χ3n) is 5.32. The molecule has 1 saturated heterocycles. The summed E-state index contributed by atoms with van der Waals surface area (Å²) in [5, 5.41) is 8.42. The fourth-order valence-electron chi connectivity index (χ4n) is 3.68. The van der Waals surface area contributed by atoms with Gasteiger partial charge in [-0.05, 0) is 29.7 Å². The number of aromatic nitrogens is 3. The van der Waals surface area contributed by atoms with Gasteiger partial charge in [-0.1, -0.05) is 0 Å². The van der Waals surface area contributed by atoms with Crippen LogP contribution < -0.4 is 19.3 Å². The topological polar surface area (TPSA) is 83.9 Å².